The van der Waals surface area contributed by atoms with E-state index in [0.29, 0.717) is 38.7 Å². The molecule has 4 heteroatoms. The van der Waals surface area contributed by atoms with Crippen molar-refractivity contribution in [3.8, 4) is 0 Å². The fourth-order valence-corrected chi connectivity index (χ4v) is 2.93. The molecule has 0 aliphatic heterocycles. The van der Waals surface area contributed by atoms with Gasteiger partial charge in [0, 0.05) is 13.5 Å². The van der Waals surface area contributed by atoms with Gasteiger partial charge in [-0.1, -0.05) is 0 Å². The maximum absolute atomic E-state index is 12.0. The minimum absolute atomic E-state index is 0.0700. The summed E-state index contributed by atoms with van der Waals surface area (Å²) >= 11 is 0. The van der Waals surface area contributed by atoms with Crippen LogP contribution in [0.1, 0.15) is 39.0 Å². The Labute approximate surface area is 95.3 Å². The molecule has 0 aromatic rings. The number of esters is 1. The van der Waals surface area contributed by atoms with Crippen LogP contribution < -0.4 is 0 Å². The number of hydrogen-bond acceptors (Lipinski definition) is 4. The van der Waals surface area contributed by atoms with E-state index < -0.39 is 11.0 Å². The van der Waals surface area contributed by atoms with Gasteiger partial charge in [-0.05, 0) is 32.6 Å². The monoisotopic (exact) mass is 226 g/mol. The number of Topliss-reactive ketones (excluding diaryl/α,β-unsaturated/α-hetero) is 1. The predicted octanol–water partition coefficient (Wildman–Crippen LogP) is 1.47. The Morgan fingerprint density at radius 1 is 1.31 bits per heavy atom. The Kier molecular flexibility index (Phi) is 2.78. The molecule has 0 amide bonds. The molecule has 0 heterocycles. The molecule has 0 aromatic carbocycles. The van der Waals surface area contributed by atoms with Crippen molar-refractivity contribution in [2.45, 2.75) is 44.6 Å². The lowest BCUT2D eigenvalue weighted by atomic mass is 9.58. The average Bonchev–Trinajstić information content (AvgIpc) is 2.31. The first kappa shape index (κ1) is 11.6. The molecule has 0 radical (unpaired) electrons. The molecule has 16 heavy (non-hydrogen) atoms. The first-order valence-corrected chi connectivity index (χ1v) is 5.84. The Hall–Kier alpha value is -0.900. The zero-order valence-electron chi connectivity index (χ0n) is 9.88. The van der Waals surface area contributed by atoms with Gasteiger partial charge in [-0.15, -0.1) is 0 Å². The summed E-state index contributed by atoms with van der Waals surface area (Å²) in [4.78, 5) is 23.9. The van der Waals surface area contributed by atoms with E-state index in [4.69, 9.17) is 9.47 Å². The topological polar surface area (TPSA) is 52.6 Å². The lowest BCUT2D eigenvalue weighted by molar-refractivity contribution is -0.181. The van der Waals surface area contributed by atoms with Gasteiger partial charge in [0.05, 0.1) is 12.0 Å². The van der Waals surface area contributed by atoms with Crippen molar-refractivity contribution < 1.29 is 19.1 Å². The third kappa shape index (κ3) is 1.47. The molecule has 0 aromatic heterocycles. The molecule has 3 rings (SSSR count). The van der Waals surface area contributed by atoms with Crippen LogP contribution in [-0.2, 0) is 19.1 Å². The van der Waals surface area contributed by atoms with E-state index in [1.807, 2.05) is 0 Å². The summed E-state index contributed by atoms with van der Waals surface area (Å²) in [6, 6.07) is 0. The Morgan fingerprint density at radius 2 is 1.94 bits per heavy atom. The highest BCUT2D eigenvalue weighted by Gasteiger charge is 2.58. The smallest absolute Gasteiger partial charge is 0.312 e. The molecule has 0 atom stereocenters. The predicted molar refractivity (Wildman–Crippen MR) is 56.9 cm³/mol. The molecule has 0 unspecified atom stereocenters. The highest BCUT2D eigenvalue weighted by Crippen LogP contribution is 2.52. The van der Waals surface area contributed by atoms with E-state index in [1.54, 1.807) is 14.0 Å². The van der Waals surface area contributed by atoms with Crippen LogP contribution in [0.25, 0.3) is 0 Å². The second-order valence-corrected chi connectivity index (χ2v) is 4.80. The highest BCUT2D eigenvalue weighted by atomic mass is 16.5. The summed E-state index contributed by atoms with van der Waals surface area (Å²) in [7, 11) is 1.58. The van der Waals surface area contributed by atoms with Gasteiger partial charge in [0.2, 0.25) is 0 Å². The number of fused-ring (bicyclic) bond motifs is 3. The number of methoxy groups -OCH3 is 1. The Balaban J connectivity index is 2.18. The Bertz CT molecular complexity index is 311. The lowest BCUT2D eigenvalue weighted by Crippen LogP contribution is -2.57. The quantitative estimate of drug-likeness (QED) is 0.684. The van der Waals surface area contributed by atoms with Crippen LogP contribution in [0.5, 0.6) is 0 Å². The molecule has 3 aliphatic carbocycles. The van der Waals surface area contributed by atoms with Gasteiger partial charge >= 0.3 is 5.97 Å². The number of ether oxygens (including phenoxy) is 2. The molecular formula is C12H18O4. The fourth-order valence-electron chi connectivity index (χ4n) is 2.93. The van der Waals surface area contributed by atoms with Crippen LogP contribution in [-0.4, -0.2) is 31.1 Å². The van der Waals surface area contributed by atoms with Crippen LogP contribution in [0.2, 0.25) is 0 Å². The van der Waals surface area contributed by atoms with Crippen LogP contribution in [0.15, 0.2) is 0 Å². The van der Waals surface area contributed by atoms with Crippen molar-refractivity contribution in [2.24, 2.45) is 5.41 Å². The van der Waals surface area contributed by atoms with Gasteiger partial charge in [-0.3, -0.25) is 9.59 Å². The van der Waals surface area contributed by atoms with E-state index >= 15 is 0 Å². The molecule has 2 bridgehead atoms. The summed E-state index contributed by atoms with van der Waals surface area (Å²) < 4.78 is 10.4. The first-order chi connectivity index (χ1) is 7.58. The van der Waals surface area contributed by atoms with E-state index in [2.05, 4.69) is 0 Å². The largest absolute Gasteiger partial charge is 0.466 e. The van der Waals surface area contributed by atoms with Gasteiger partial charge in [0.1, 0.15) is 5.60 Å². The third-order valence-corrected chi connectivity index (χ3v) is 4.12. The van der Waals surface area contributed by atoms with E-state index in [1.165, 1.54) is 0 Å². The second-order valence-electron chi connectivity index (χ2n) is 4.80. The van der Waals surface area contributed by atoms with Crippen LogP contribution >= 0.6 is 0 Å². The van der Waals surface area contributed by atoms with Gasteiger partial charge in [-0.25, -0.2) is 0 Å². The van der Waals surface area contributed by atoms with Crippen molar-refractivity contribution in [2.75, 3.05) is 13.7 Å². The van der Waals surface area contributed by atoms with Crippen LogP contribution in [0.4, 0.5) is 0 Å². The molecule has 4 nitrogen and oxygen atoms in total. The summed E-state index contributed by atoms with van der Waals surface area (Å²) in [5.74, 6) is -0.131. The normalized spacial score (nSPS) is 37.5. The zero-order chi connectivity index (χ0) is 11.8. The molecule has 0 saturated heterocycles. The third-order valence-electron chi connectivity index (χ3n) is 4.12. The minimum atomic E-state index is -0.603. The van der Waals surface area contributed by atoms with Gasteiger partial charge in [-0.2, -0.15) is 0 Å². The molecular weight excluding hydrogens is 208 g/mol. The summed E-state index contributed by atoms with van der Waals surface area (Å²) in [6.45, 7) is 2.17. The second kappa shape index (κ2) is 3.84. The standard InChI is InChI=1S/C12H18O4/c1-3-16-10(14)11-4-6-12(15-2,7-5-11)9(13)8-11/h3-8H2,1-2H3. The van der Waals surface area contributed by atoms with Crippen molar-refractivity contribution in [3.05, 3.63) is 0 Å². The number of rotatable bonds is 3. The van der Waals surface area contributed by atoms with Crippen molar-refractivity contribution >= 4 is 11.8 Å². The van der Waals surface area contributed by atoms with E-state index in [0.717, 1.165) is 0 Å². The van der Waals surface area contributed by atoms with Crippen LogP contribution in [0, 0.1) is 5.41 Å². The van der Waals surface area contributed by atoms with Gasteiger partial charge in [0.25, 0.3) is 0 Å². The number of hydrogen-bond donors (Lipinski definition) is 0. The fraction of sp³-hybridized carbons (Fsp3) is 0.833. The van der Waals surface area contributed by atoms with Crippen molar-refractivity contribution in [3.63, 3.8) is 0 Å². The number of ketones is 1. The van der Waals surface area contributed by atoms with Gasteiger partial charge < -0.3 is 9.47 Å². The summed E-state index contributed by atoms with van der Waals surface area (Å²) in [6.07, 6.45) is 3.03. The minimum Gasteiger partial charge on any atom is -0.466 e. The molecule has 3 aliphatic rings. The molecule has 0 N–H and O–H groups in total. The van der Waals surface area contributed by atoms with E-state index in [9.17, 15) is 9.59 Å². The molecule has 3 fully saturated rings. The van der Waals surface area contributed by atoms with E-state index in [-0.39, 0.29) is 11.8 Å². The number of carbonyl (C=O) groups excluding carboxylic acids is 2. The van der Waals surface area contributed by atoms with Gasteiger partial charge in [0.15, 0.2) is 5.78 Å². The molecule has 90 valence electrons. The SMILES string of the molecule is CCOC(=O)C12CCC(OC)(CC1)C(=O)C2. The maximum atomic E-state index is 12.0. The molecule has 3 saturated carbocycles. The first-order valence-electron chi connectivity index (χ1n) is 5.84. The van der Waals surface area contributed by atoms with Crippen LogP contribution in [0.3, 0.4) is 0 Å². The van der Waals surface area contributed by atoms with Crippen molar-refractivity contribution in [1.29, 1.82) is 0 Å². The lowest BCUT2D eigenvalue weighted by Gasteiger charge is -2.49. The maximum Gasteiger partial charge on any atom is 0.312 e. The van der Waals surface area contributed by atoms with Crippen molar-refractivity contribution in [1.82, 2.24) is 0 Å². The summed E-state index contributed by atoms with van der Waals surface area (Å²) in [5.41, 5.74) is -1.15. The highest BCUT2D eigenvalue weighted by molar-refractivity contribution is 5.95. The molecule has 0 spiro atoms. The summed E-state index contributed by atoms with van der Waals surface area (Å²) in [5, 5.41) is 0. The number of carbonyl (C=O) groups is 2. The zero-order valence-corrected chi connectivity index (χ0v) is 9.88. The Morgan fingerprint density at radius 3 is 2.38 bits per heavy atom. The average molecular weight is 226 g/mol.